The second-order valence-corrected chi connectivity index (χ2v) is 9.85. The molecule has 0 bridgehead atoms. The van der Waals surface area contributed by atoms with Crippen molar-refractivity contribution < 1.29 is 21.6 Å². The highest BCUT2D eigenvalue weighted by Crippen LogP contribution is 2.33. The Bertz CT molecular complexity index is 1430. The molecule has 3 nitrogen and oxygen atoms in total. The van der Waals surface area contributed by atoms with E-state index in [1.807, 2.05) is 49.4 Å². The number of halogens is 3. The Morgan fingerprint density at radius 3 is 1.94 bits per heavy atom. The van der Waals surface area contributed by atoms with Crippen LogP contribution in [-0.4, -0.2) is 19.7 Å². The number of benzene rings is 3. The topological polar surface area (TPSA) is 47.0 Å². The minimum Gasteiger partial charge on any atom is -0.253 e. The molecule has 33 heavy (non-hydrogen) atoms. The van der Waals surface area contributed by atoms with E-state index in [1.165, 1.54) is 18.4 Å². The molecule has 0 saturated heterocycles. The predicted octanol–water partition coefficient (Wildman–Crippen LogP) is 6.81. The van der Waals surface area contributed by atoms with Gasteiger partial charge in [0.25, 0.3) is 0 Å². The van der Waals surface area contributed by atoms with Crippen molar-refractivity contribution in [3.05, 3.63) is 96.2 Å². The molecule has 7 heteroatoms. The maximum absolute atomic E-state index is 12.9. The van der Waals surface area contributed by atoms with E-state index in [-0.39, 0.29) is 4.90 Å². The minimum absolute atomic E-state index is 0.240. The Kier molecular flexibility index (Phi) is 5.84. The first kappa shape index (κ1) is 22.7. The predicted molar refractivity (Wildman–Crippen MR) is 123 cm³/mol. The van der Waals surface area contributed by atoms with Gasteiger partial charge < -0.3 is 0 Å². The van der Waals surface area contributed by atoms with Crippen LogP contribution in [0, 0.1) is 6.92 Å². The van der Waals surface area contributed by atoms with Crippen molar-refractivity contribution in [1.82, 2.24) is 4.98 Å². The lowest BCUT2D eigenvalue weighted by Gasteiger charge is -2.11. The second-order valence-electron chi connectivity index (χ2n) is 7.84. The summed E-state index contributed by atoms with van der Waals surface area (Å²) in [6.07, 6.45) is -3.21. The first-order chi connectivity index (χ1) is 15.5. The molecule has 0 spiro atoms. The van der Waals surface area contributed by atoms with Crippen LogP contribution in [0.3, 0.4) is 0 Å². The molecule has 0 atom stereocenters. The fourth-order valence-corrected chi connectivity index (χ4v) is 4.27. The van der Waals surface area contributed by atoms with Gasteiger partial charge in [0.05, 0.1) is 16.2 Å². The van der Waals surface area contributed by atoms with E-state index >= 15 is 0 Å². The largest absolute Gasteiger partial charge is 0.416 e. The standard InChI is InChI=1S/C26H20F3NO2S/c1-17-13-22(18-9-11-23(12-10-18)26(27,28)29)16-25(30-17)21-7-3-5-19(14-21)20-6-4-8-24(15-20)33(2,31)32/h3-16H,1-2H3. The first-order valence-corrected chi connectivity index (χ1v) is 12.0. The van der Waals surface area contributed by atoms with Crippen molar-refractivity contribution in [1.29, 1.82) is 0 Å². The normalized spacial score (nSPS) is 12.0. The smallest absolute Gasteiger partial charge is 0.253 e. The number of hydrogen-bond acceptors (Lipinski definition) is 3. The summed E-state index contributed by atoms with van der Waals surface area (Å²) in [6, 6.07) is 23.0. The zero-order chi connectivity index (χ0) is 23.8. The molecular weight excluding hydrogens is 447 g/mol. The third kappa shape index (κ3) is 5.14. The van der Waals surface area contributed by atoms with E-state index < -0.39 is 21.6 Å². The maximum Gasteiger partial charge on any atom is 0.416 e. The Labute approximate surface area is 190 Å². The van der Waals surface area contributed by atoms with Crippen molar-refractivity contribution in [3.8, 4) is 33.5 Å². The Hall–Kier alpha value is -3.45. The molecule has 0 unspecified atom stereocenters. The van der Waals surface area contributed by atoms with Crippen LogP contribution in [0.2, 0.25) is 0 Å². The Balaban J connectivity index is 1.73. The second kappa shape index (κ2) is 8.48. The zero-order valence-electron chi connectivity index (χ0n) is 17.9. The average Bonchev–Trinajstić information content (AvgIpc) is 2.78. The van der Waals surface area contributed by atoms with Crippen molar-refractivity contribution in [2.75, 3.05) is 6.26 Å². The van der Waals surface area contributed by atoms with Gasteiger partial charge in [0, 0.05) is 17.5 Å². The minimum atomic E-state index is -4.38. The average molecular weight is 468 g/mol. The molecule has 0 aliphatic heterocycles. The van der Waals surface area contributed by atoms with Crippen LogP contribution in [0.4, 0.5) is 13.2 Å². The highest BCUT2D eigenvalue weighted by molar-refractivity contribution is 7.90. The van der Waals surface area contributed by atoms with Crippen molar-refractivity contribution in [3.63, 3.8) is 0 Å². The summed E-state index contributed by atoms with van der Waals surface area (Å²) in [5.74, 6) is 0. The molecule has 0 amide bonds. The van der Waals surface area contributed by atoms with Gasteiger partial charge in [0.2, 0.25) is 0 Å². The number of pyridine rings is 1. The molecule has 0 saturated carbocycles. The number of aryl methyl sites for hydroxylation is 1. The van der Waals surface area contributed by atoms with Crippen LogP contribution >= 0.6 is 0 Å². The van der Waals surface area contributed by atoms with Gasteiger partial charge in [-0.15, -0.1) is 0 Å². The SMILES string of the molecule is Cc1cc(-c2ccc(C(F)(F)F)cc2)cc(-c2cccc(-c3cccc(S(C)(=O)=O)c3)c2)n1. The highest BCUT2D eigenvalue weighted by Gasteiger charge is 2.30. The number of aromatic nitrogens is 1. The molecule has 1 aromatic heterocycles. The lowest BCUT2D eigenvalue weighted by molar-refractivity contribution is -0.137. The van der Waals surface area contributed by atoms with Crippen LogP contribution in [0.25, 0.3) is 33.5 Å². The van der Waals surface area contributed by atoms with Crippen molar-refractivity contribution in [2.24, 2.45) is 0 Å². The van der Waals surface area contributed by atoms with Crippen molar-refractivity contribution >= 4 is 9.84 Å². The molecule has 0 N–H and O–H groups in total. The van der Waals surface area contributed by atoms with Gasteiger partial charge in [-0.3, -0.25) is 4.98 Å². The van der Waals surface area contributed by atoms with E-state index in [1.54, 1.807) is 18.2 Å². The Morgan fingerprint density at radius 1 is 0.697 bits per heavy atom. The van der Waals surface area contributed by atoms with Crippen LogP contribution in [0.1, 0.15) is 11.3 Å². The third-order valence-electron chi connectivity index (χ3n) is 5.25. The fraction of sp³-hybridized carbons (Fsp3) is 0.115. The molecule has 0 aliphatic carbocycles. The van der Waals surface area contributed by atoms with E-state index in [9.17, 15) is 21.6 Å². The van der Waals surface area contributed by atoms with Crippen LogP contribution in [0.15, 0.2) is 89.8 Å². The van der Waals surface area contributed by atoms with E-state index in [4.69, 9.17) is 0 Å². The number of nitrogens with zero attached hydrogens (tertiary/aromatic N) is 1. The van der Waals surface area contributed by atoms with Crippen molar-refractivity contribution in [2.45, 2.75) is 18.0 Å². The Morgan fingerprint density at radius 2 is 1.30 bits per heavy atom. The summed E-state index contributed by atoms with van der Waals surface area (Å²) in [6.45, 7) is 1.83. The summed E-state index contributed by atoms with van der Waals surface area (Å²) >= 11 is 0. The lowest BCUT2D eigenvalue weighted by Crippen LogP contribution is -2.04. The molecular formula is C26H20F3NO2S. The molecule has 0 fully saturated rings. The van der Waals surface area contributed by atoms with E-state index in [2.05, 4.69) is 4.98 Å². The van der Waals surface area contributed by atoms with Crippen LogP contribution in [0.5, 0.6) is 0 Å². The zero-order valence-corrected chi connectivity index (χ0v) is 18.7. The summed E-state index contributed by atoms with van der Waals surface area (Å²) in [5.41, 5.74) is 4.53. The van der Waals surface area contributed by atoms with Gasteiger partial charge in [0.1, 0.15) is 0 Å². The van der Waals surface area contributed by atoms with Gasteiger partial charge in [-0.1, -0.05) is 42.5 Å². The van der Waals surface area contributed by atoms with E-state index in [0.29, 0.717) is 11.3 Å². The van der Waals surface area contributed by atoms with Gasteiger partial charge >= 0.3 is 6.18 Å². The first-order valence-electron chi connectivity index (χ1n) is 10.1. The summed E-state index contributed by atoms with van der Waals surface area (Å²) < 4.78 is 62.5. The molecule has 168 valence electrons. The van der Waals surface area contributed by atoms with Crippen LogP contribution in [-0.2, 0) is 16.0 Å². The molecule has 4 rings (SSSR count). The monoisotopic (exact) mass is 467 g/mol. The summed E-state index contributed by atoms with van der Waals surface area (Å²) in [4.78, 5) is 4.84. The number of alkyl halides is 3. The van der Waals surface area contributed by atoms with Gasteiger partial charge in [0.15, 0.2) is 9.84 Å². The lowest BCUT2D eigenvalue weighted by atomic mass is 9.98. The summed E-state index contributed by atoms with van der Waals surface area (Å²) in [7, 11) is -3.33. The third-order valence-corrected chi connectivity index (χ3v) is 6.36. The number of rotatable bonds is 4. The van der Waals surface area contributed by atoms with Gasteiger partial charge in [-0.2, -0.15) is 13.2 Å². The highest BCUT2D eigenvalue weighted by atomic mass is 32.2. The maximum atomic E-state index is 12.9. The number of hydrogen-bond donors (Lipinski definition) is 0. The van der Waals surface area contributed by atoms with Gasteiger partial charge in [-0.05, 0) is 71.6 Å². The fourth-order valence-electron chi connectivity index (χ4n) is 3.60. The summed E-state index contributed by atoms with van der Waals surface area (Å²) in [5, 5.41) is 0. The molecule has 0 aliphatic rings. The quantitative estimate of drug-likeness (QED) is 0.331. The van der Waals surface area contributed by atoms with Crippen LogP contribution < -0.4 is 0 Å². The molecule has 1 heterocycles. The van der Waals surface area contributed by atoms with Gasteiger partial charge in [-0.25, -0.2) is 8.42 Å². The molecule has 4 aromatic rings. The van der Waals surface area contributed by atoms with E-state index in [0.717, 1.165) is 40.1 Å². The molecule has 0 radical (unpaired) electrons. The molecule has 3 aromatic carbocycles. The number of sulfone groups is 1.